The van der Waals surface area contributed by atoms with Gasteiger partial charge in [-0.15, -0.1) is 0 Å². The molecular weight excluding hydrogens is 270 g/mol. The first kappa shape index (κ1) is 13.7. The van der Waals surface area contributed by atoms with Gasteiger partial charge >= 0.3 is 0 Å². The molecule has 0 aliphatic rings. The van der Waals surface area contributed by atoms with Crippen LogP contribution in [0.3, 0.4) is 0 Å². The van der Waals surface area contributed by atoms with E-state index >= 15 is 0 Å². The number of nitrogens with one attached hydrogen (secondary N) is 1. The van der Waals surface area contributed by atoms with Gasteiger partial charge in [0.25, 0.3) is 0 Å². The molecule has 16 heavy (non-hydrogen) atoms. The number of furan rings is 1. The topological polar surface area (TPSA) is 45.4 Å². The Labute approximate surface area is 105 Å². The molecule has 1 aromatic rings. The molecule has 0 saturated carbocycles. The van der Waals surface area contributed by atoms with Gasteiger partial charge in [-0.05, 0) is 46.8 Å². The monoisotopic (exact) mass is 289 g/mol. The third-order valence-corrected chi connectivity index (χ3v) is 3.12. The Balaban J connectivity index is 2.43. The summed E-state index contributed by atoms with van der Waals surface area (Å²) in [5, 5.41) is 12.3. The minimum absolute atomic E-state index is 0.104. The number of hydrogen-bond acceptors (Lipinski definition) is 3. The molecule has 0 radical (unpaired) electrons. The smallest absolute Gasteiger partial charge is 0.169 e. The Bertz CT molecular complexity index is 323. The van der Waals surface area contributed by atoms with Crippen LogP contribution < -0.4 is 5.32 Å². The zero-order chi connectivity index (χ0) is 12.2. The fourth-order valence-corrected chi connectivity index (χ4v) is 1.80. The molecule has 0 fully saturated rings. The van der Waals surface area contributed by atoms with Gasteiger partial charge in [0.2, 0.25) is 0 Å². The van der Waals surface area contributed by atoms with Crippen LogP contribution >= 0.6 is 15.9 Å². The van der Waals surface area contributed by atoms with Gasteiger partial charge in [0.05, 0.1) is 6.04 Å². The van der Waals surface area contributed by atoms with E-state index < -0.39 is 0 Å². The average molecular weight is 290 g/mol. The van der Waals surface area contributed by atoms with Crippen LogP contribution in [0, 0.1) is 5.41 Å². The largest absolute Gasteiger partial charge is 0.453 e. The molecular formula is C12H20BrNO2. The van der Waals surface area contributed by atoms with E-state index in [1.807, 2.05) is 12.1 Å². The highest BCUT2D eigenvalue weighted by Crippen LogP contribution is 2.23. The zero-order valence-corrected chi connectivity index (χ0v) is 11.7. The van der Waals surface area contributed by atoms with Gasteiger partial charge in [0, 0.05) is 13.2 Å². The first-order chi connectivity index (χ1) is 7.44. The lowest BCUT2D eigenvalue weighted by atomic mass is 9.89. The summed E-state index contributed by atoms with van der Waals surface area (Å²) in [6.45, 7) is 7.44. The van der Waals surface area contributed by atoms with Crippen molar-refractivity contribution in [2.75, 3.05) is 13.2 Å². The van der Waals surface area contributed by atoms with Crippen molar-refractivity contribution in [3.63, 3.8) is 0 Å². The number of halogens is 1. The van der Waals surface area contributed by atoms with E-state index in [1.165, 1.54) is 0 Å². The Morgan fingerprint density at radius 2 is 2.19 bits per heavy atom. The highest BCUT2D eigenvalue weighted by atomic mass is 79.9. The molecule has 0 saturated heterocycles. The summed E-state index contributed by atoms with van der Waals surface area (Å²) >= 11 is 3.29. The summed E-state index contributed by atoms with van der Waals surface area (Å²) in [5.74, 6) is 0.923. The summed E-state index contributed by atoms with van der Waals surface area (Å²) in [5.41, 5.74) is 0.104. The molecule has 0 aromatic carbocycles. The second kappa shape index (κ2) is 5.84. The lowest BCUT2D eigenvalue weighted by Crippen LogP contribution is -2.31. The summed E-state index contributed by atoms with van der Waals surface area (Å²) in [6, 6.07) is 4.04. The van der Waals surface area contributed by atoms with Crippen molar-refractivity contribution in [3.8, 4) is 0 Å². The number of aliphatic hydroxyl groups excluding tert-OH is 1. The summed E-state index contributed by atoms with van der Waals surface area (Å²) < 4.78 is 6.23. The highest BCUT2D eigenvalue weighted by Gasteiger charge is 2.19. The molecule has 0 aliphatic heterocycles. The lowest BCUT2D eigenvalue weighted by molar-refractivity contribution is 0.202. The molecule has 1 aromatic heterocycles. The lowest BCUT2D eigenvalue weighted by Gasteiger charge is -2.25. The molecule has 0 bridgehead atoms. The van der Waals surface area contributed by atoms with Gasteiger partial charge in [-0.1, -0.05) is 13.8 Å². The maximum Gasteiger partial charge on any atom is 0.169 e. The maximum atomic E-state index is 8.93. The van der Waals surface area contributed by atoms with E-state index in [4.69, 9.17) is 9.52 Å². The van der Waals surface area contributed by atoms with Gasteiger partial charge in [-0.2, -0.15) is 0 Å². The molecule has 0 aliphatic carbocycles. The first-order valence-corrected chi connectivity index (χ1v) is 6.33. The molecule has 92 valence electrons. The normalized spacial score (nSPS) is 14.1. The van der Waals surface area contributed by atoms with Crippen molar-refractivity contribution in [2.24, 2.45) is 5.41 Å². The Kier molecular flexibility index (Phi) is 5.02. The fraction of sp³-hybridized carbons (Fsp3) is 0.667. The number of rotatable bonds is 6. The molecule has 0 amide bonds. The van der Waals surface area contributed by atoms with Crippen molar-refractivity contribution in [3.05, 3.63) is 22.6 Å². The van der Waals surface area contributed by atoms with E-state index in [0.717, 1.165) is 23.4 Å². The minimum atomic E-state index is 0.104. The van der Waals surface area contributed by atoms with Crippen LogP contribution in [0.15, 0.2) is 21.2 Å². The van der Waals surface area contributed by atoms with Gasteiger partial charge in [-0.3, -0.25) is 0 Å². The van der Waals surface area contributed by atoms with E-state index in [1.54, 1.807) is 0 Å². The van der Waals surface area contributed by atoms with Crippen molar-refractivity contribution < 1.29 is 9.52 Å². The standard InChI is InChI=1S/C12H20BrNO2/c1-9(10-4-5-11(13)16-10)14-8-12(2,3)6-7-15/h4-5,9,14-15H,6-8H2,1-3H3. The Morgan fingerprint density at radius 1 is 1.50 bits per heavy atom. The molecule has 1 heterocycles. The molecule has 3 nitrogen and oxygen atoms in total. The van der Waals surface area contributed by atoms with Crippen molar-refractivity contribution >= 4 is 15.9 Å². The molecule has 1 rings (SSSR count). The van der Waals surface area contributed by atoms with Crippen LogP contribution in [-0.4, -0.2) is 18.3 Å². The van der Waals surface area contributed by atoms with Crippen LogP contribution in [0.25, 0.3) is 0 Å². The third kappa shape index (κ3) is 4.28. The van der Waals surface area contributed by atoms with Crippen molar-refractivity contribution in [1.82, 2.24) is 5.32 Å². The van der Waals surface area contributed by atoms with Crippen molar-refractivity contribution in [1.29, 1.82) is 0 Å². The maximum absolute atomic E-state index is 8.93. The summed E-state index contributed by atoms with van der Waals surface area (Å²) in [6.07, 6.45) is 0.800. The summed E-state index contributed by atoms with van der Waals surface area (Å²) in [7, 11) is 0. The van der Waals surface area contributed by atoms with Crippen molar-refractivity contribution in [2.45, 2.75) is 33.2 Å². The molecule has 1 unspecified atom stereocenters. The first-order valence-electron chi connectivity index (χ1n) is 5.54. The summed E-state index contributed by atoms with van der Waals surface area (Å²) in [4.78, 5) is 0. The fourth-order valence-electron chi connectivity index (χ4n) is 1.48. The number of aliphatic hydroxyl groups is 1. The predicted octanol–water partition coefficient (Wildman–Crippen LogP) is 3.10. The Hall–Kier alpha value is -0.320. The molecule has 2 N–H and O–H groups in total. The van der Waals surface area contributed by atoms with Gasteiger partial charge in [-0.25, -0.2) is 0 Å². The van der Waals surface area contributed by atoms with Gasteiger partial charge in [0.1, 0.15) is 5.76 Å². The van der Waals surface area contributed by atoms with Crippen LogP contribution in [0.1, 0.15) is 39.0 Å². The SMILES string of the molecule is CC(NCC(C)(C)CCO)c1ccc(Br)o1. The van der Waals surface area contributed by atoms with E-state index in [-0.39, 0.29) is 18.1 Å². The average Bonchev–Trinajstić information content (AvgIpc) is 2.61. The zero-order valence-electron chi connectivity index (χ0n) is 10.1. The third-order valence-electron chi connectivity index (χ3n) is 2.70. The molecule has 4 heteroatoms. The number of hydrogen-bond donors (Lipinski definition) is 2. The second-order valence-electron chi connectivity index (χ2n) is 4.88. The van der Waals surface area contributed by atoms with E-state index in [9.17, 15) is 0 Å². The van der Waals surface area contributed by atoms with E-state index in [2.05, 4.69) is 42.0 Å². The minimum Gasteiger partial charge on any atom is -0.453 e. The highest BCUT2D eigenvalue weighted by molar-refractivity contribution is 9.10. The quantitative estimate of drug-likeness (QED) is 0.846. The van der Waals surface area contributed by atoms with Crippen LogP contribution in [0.2, 0.25) is 0 Å². The van der Waals surface area contributed by atoms with Crippen LogP contribution in [0.5, 0.6) is 0 Å². The predicted molar refractivity (Wildman–Crippen MR) is 68.3 cm³/mol. The second-order valence-corrected chi connectivity index (χ2v) is 5.66. The molecule has 1 atom stereocenters. The van der Waals surface area contributed by atoms with Crippen LogP contribution in [0.4, 0.5) is 0 Å². The van der Waals surface area contributed by atoms with Crippen LogP contribution in [-0.2, 0) is 0 Å². The van der Waals surface area contributed by atoms with Gasteiger partial charge < -0.3 is 14.8 Å². The molecule has 0 spiro atoms. The van der Waals surface area contributed by atoms with Gasteiger partial charge in [0.15, 0.2) is 4.67 Å². The Morgan fingerprint density at radius 3 is 2.69 bits per heavy atom. The van der Waals surface area contributed by atoms with E-state index in [0.29, 0.717) is 0 Å².